The van der Waals surface area contributed by atoms with Gasteiger partial charge in [-0.25, -0.2) is 0 Å². The molecule has 2 aliphatic carbocycles. The Morgan fingerprint density at radius 1 is 1.25 bits per heavy atom. The number of carbonyl (C=O) groups excluding carboxylic acids is 3. The third kappa shape index (κ3) is 2.83. The van der Waals surface area contributed by atoms with Crippen LogP contribution in [0, 0.1) is 33.8 Å². The number of hydrogen-bond acceptors (Lipinski definition) is 6. The summed E-state index contributed by atoms with van der Waals surface area (Å²) in [5.74, 6) is -0.911. The topological polar surface area (TPSA) is 119 Å². The molecule has 3 aliphatic rings. The van der Waals surface area contributed by atoms with Gasteiger partial charge in [0.1, 0.15) is 5.75 Å². The first-order valence-electron chi connectivity index (χ1n) is 9.06. The van der Waals surface area contributed by atoms with E-state index < -0.39 is 10.8 Å². The zero-order chi connectivity index (χ0) is 20.0. The minimum absolute atomic E-state index is 0.00676. The molecule has 2 bridgehead atoms. The summed E-state index contributed by atoms with van der Waals surface area (Å²) in [7, 11) is 1.39. The van der Waals surface area contributed by atoms with Crippen LogP contribution in [0.15, 0.2) is 30.4 Å². The predicted octanol–water partition coefficient (Wildman–Crippen LogP) is 1.74. The number of allylic oxidation sites excluding steroid dienone is 2. The summed E-state index contributed by atoms with van der Waals surface area (Å²) >= 11 is 0. The van der Waals surface area contributed by atoms with Crippen molar-refractivity contribution in [2.45, 2.75) is 12.8 Å². The van der Waals surface area contributed by atoms with Crippen molar-refractivity contribution in [1.29, 1.82) is 0 Å². The van der Waals surface area contributed by atoms with Crippen molar-refractivity contribution in [2.75, 3.05) is 19.0 Å². The van der Waals surface area contributed by atoms with Gasteiger partial charge in [0.25, 0.3) is 5.69 Å². The van der Waals surface area contributed by atoms with Crippen molar-refractivity contribution in [3.63, 3.8) is 0 Å². The number of benzene rings is 1. The molecule has 1 aliphatic heterocycles. The molecule has 4 rings (SSSR count). The molecule has 1 aromatic carbocycles. The van der Waals surface area contributed by atoms with Crippen molar-refractivity contribution < 1.29 is 24.0 Å². The molecule has 4 atom stereocenters. The van der Waals surface area contributed by atoms with Crippen molar-refractivity contribution >= 4 is 29.1 Å². The molecule has 146 valence electrons. The summed E-state index contributed by atoms with van der Waals surface area (Å²) < 4.78 is 5.11. The molecular formula is C19H19N3O6. The van der Waals surface area contributed by atoms with E-state index in [4.69, 9.17) is 4.74 Å². The first-order chi connectivity index (χ1) is 13.4. The van der Waals surface area contributed by atoms with E-state index in [1.807, 2.05) is 12.2 Å². The van der Waals surface area contributed by atoms with E-state index in [1.165, 1.54) is 30.2 Å². The SMILES string of the molecule is COc1ccc([N+](=O)[O-])cc1NC(=O)CCN1C(=O)[C@@H]2[C@H](C1=O)[C@H]1C=C[C@H]2C1. The maximum atomic E-state index is 12.6. The molecule has 3 amide bonds. The fourth-order valence-electron chi connectivity index (χ4n) is 4.52. The summed E-state index contributed by atoms with van der Waals surface area (Å²) in [5, 5.41) is 13.5. The lowest BCUT2D eigenvalue weighted by Crippen LogP contribution is -2.35. The van der Waals surface area contributed by atoms with Gasteiger partial charge in [0.05, 0.1) is 29.6 Å². The molecule has 1 aromatic rings. The summed E-state index contributed by atoms with van der Waals surface area (Å²) in [6.45, 7) is -0.00676. The largest absolute Gasteiger partial charge is 0.495 e. The molecule has 2 fully saturated rings. The van der Waals surface area contributed by atoms with E-state index in [9.17, 15) is 24.5 Å². The van der Waals surface area contributed by atoms with Crippen LogP contribution in [0.25, 0.3) is 0 Å². The molecular weight excluding hydrogens is 366 g/mol. The number of nitro groups is 1. The molecule has 9 nitrogen and oxygen atoms in total. The lowest BCUT2D eigenvalue weighted by atomic mass is 9.85. The highest BCUT2D eigenvalue weighted by Crippen LogP contribution is 2.52. The molecule has 1 saturated carbocycles. The van der Waals surface area contributed by atoms with Gasteiger partial charge in [0.15, 0.2) is 0 Å². The van der Waals surface area contributed by atoms with Crippen LogP contribution in [0.2, 0.25) is 0 Å². The number of ether oxygens (including phenoxy) is 1. The van der Waals surface area contributed by atoms with Crippen LogP contribution in [0.1, 0.15) is 12.8 Å². The molecule has 0 spiro atoms. The number of fused-ring (bicyclic) bond motifs is 5. The van der Waals surface area contributed by atoms with Crippen LogP contribution in [0.5, 0.6) is 5.75 Å². The number of carbonyl (C=O) groups is 3. The Labute approximate surface area is 160 Å². The summed E-state index contributed by atoms with van der Waals surface area (Å²) in [4.78, 5) is 49.1. The molecule has 1 N–H and O–H groups in total. The summed E-state index contributed by atoms with van der Waals surface area (Å²) in [5.41, 5.74) is -0.0170. The number of nitro benzene ring substituents is 1. The Kier molecular flexibility index (Phi) is 4.37. The Balaban J connectivity index is 1.41. The molecule has 1 heterocycles. The fraction of sp³-hybridized carbons (Fsp3) is 0.421. The van der Waals surface area contributed by atoms with Crippen LogP contribution in [-0.2, 0) is 14.4 Å². The summed E-state index contributed by atoms with van der Waals surface area (Å²) in [6, 6.07) is 3.87. The van der Waals surface area contributed by atoms with E-state index in [0.29, 0.717) is 0 Å². The standard InChI is InChI=1S/C19H19N3O6/c1-28-14-5-4-12(22(26)27)9-13(14)20-15(23)6-7-21-18(24)16-10-2-3-11(8-10)17(16)19(21)25/h2-5,9-11,16-17H,6-8H2,1H3,(H,20,23)/t10-,11-,16-,17+/m0/s1. The Morgan fingerprint density at radius 2 is 1.89 bits per heavy atom. The van der Waals surface area contributed by atoms with Gasteiger partial charge in [-0.1, -0.05) is 12.2 Å². The molecule has 0 radical (unpaired) electrons. The first-order valence-corrected chi connectivity index (χ1v) is 9.06. The number of amides is 3. The van der Waals surface area contributed by atoms with Gasteiger partial charge >= 0.3 is 0 Å². The summed E-state index contributed by atoms with van der Waals surface area (Å²) in [6.07, 6.45) is 4.79. The number of imide groups is 1. The van der Waals surface area contributed by atoms with E-state index in [0.717, 1.165) is 6.42 Å². The van der Waals surface area contributed by atoms with Crippen LogP contribution in [0.3, 0.4) is 0 Å². The van der Waals surface area contributed by atoms with Crippen LogP contribution in [0.4, 0.5) is 11.4 Å². The lowest BCUT2D eigenvalue weighted by molar-refractivity contribution is -0.384. The minimum Gasteiger partial charge on any atom is -0.495 e. The van der Waals surface area contributed by atoms with Gasteiger partial charge in [-0.05, 0) is 24.3 Å². The van der Waals surface area contributed by atoms with Gasteiger partial charge < -0.3 is 10.1 Å². The van der Waals surface area contributed by atoms with Crippen LogP contribution < -0.4 is 10.1 Å². The average molecular weight is 385 g/mol. The number of anilines is 1. The van der Waals surface area contributed by atoms with Crippen LogP contribution >= 0.6 is 0 Å². The van der Waals surface area contributed by atoms with E-state index in [2.05, 4.69) is 5.32 Å². The molecule has 0 unspecified atom stereocenters. The number of likely N-dealkylation sites (tertiary alicyclic amines) is 1. The second kappa shape index (κ2) is 6.74. The number of rotatable bonds is 6. The highest BCUT2D eigenvalue weighted by Gasteiger charge is 2.59. The highest BCUT2D eigenvalue weighted by molar-refractivity contribution is 6.06. The quantitative estimate of drug-likeness (QED) is 0.345. The maximum Gasteiger partial charge on any atom is 0.271 e. The number of hydrogen-bond donors (Lipinski definition) is 1. The average Bonchev–Trinajstić information content (AvgIpc) is 3.34. The van der Waals surface area contributed by atoms with Gasteiger partial charge in [0.2, 0.25) is 17.7 Å². The zero-order valence-corrected chi connectivity index (χ0v) is 15.2. The third-order valence-corrected chi connectivity index (χ3v) is 5.79. The Hall–Kier alpha value is -3.23. The molecule has 28 heavy (non-hydrogen) atoms. The van der Waals surface area contributed by atoms with Crippen molar-refractivity contribution in [3.8, 4) is 5.75 Å². The van der Waals surface area contributed by atoms with Crippen molar-refractivity contribution in [2.24, 2.45) is 23.7 Å². The number of nitrogens with zero attached hydrogens (tertiary/aromatic N) is 2. The predicted molar refractivity (Wildman–Crippen MR) is 97.3 cm³/mol. The lowest BCUT2D eigenvalue weighted by Gasteiger charge is -2.17. The van der Waals surface area contributed by atoms with E-state index >= 15 is 0 Å². The normalized spacial score (nSPS) is 27.2. The third-order valence-electron chi connectivity index (χ3n) is 5.79. The number of nitrogens with one attached hydrogen (secondary N) is 1. The Bertz CT molecular complexity index is 881. The van der Waals surface area contributed by atoms with Crippen LogP contribution in [-0.4, -0.2) is 41.2 Å². The number of non-ortho nitro benzene ring substituents is 1. The highest BCUT2D eigenvalue weighted by atomic mass is 16.6. The first kappa shape index (κ1) is 18.1. The van der Waals surface area contributed by atoms with E-state index in [1.54, 1.807) is 0 Å². The van der Waals surface area contributed by atoms with Gasteiger partial charge in [-0.15, -0.1) is 0 Å². The smallest absolute Gasteiger partial charge is 0.271 e. The second-order valence-electron chi connectivity index (χ2n) is 7.27. The molecule has 1 saturated heterocycles. The zero-order valence-electron chi connectivity index (χ0n) is 15.2. The second-order valence-corrected chi connectivity index (χ2v) is 7.27. The Morgan fingerprint density at radius 3 is 2.46 bits per heavy atom. The fourth-order valence-corrected chi connectivity index (χ4v) is 4.52. The van der Waals surface area contributed by atoms with Crippen molar-refractivity contribution in [1.82, 2.24) is 4.90 Å². The minimum atomic E-state index is -0.572. The van der Waals surface area contributed by atoms with E-state index in [-0.39, 0.29) is 65.6 Å². The maximum absolute atomic E-state index is 12.6. The monoisotopic (exact) mass is 385 g/mol. The van der Waals surface area contributed by atoms with Gasteiger partial charge in [-0.2, -0.15) is 0 Å². The van der Waals surface area contributed by atoms with Crippen molar-refractivity contribution in [3.05, 3.63) is 40.5 Å². The van der Waals surface area contributed by atoms with Gasteiger partial charge in [0, 0.05) is 25.1 Å². The number of methoxy groups -OCH3 is 1. The van der Waals surface area contributed by atoms with Gasteiger partial charge in [-0.3, -0.25) is 29.4 Å². The molecule has 9 heteroatoms. The molecule has 0 aromatic heterocycles.